The molecule has 2 aromatic rings. The number of methoxy groups -OCH3 is 1. The summed E-state index contributed by atoms with van der Waals surface area (Å²) >= 11 is 1.84. The molecule has 2 heterocycles. The average molecular weight is 344 g/mol. The second-order valence-electron chi connectivity index (χ2n) is 6.23. The maximum absolute atomic E-state index is 12.4. The Kier molecular flexibility index (Phi) is 5.21. The first-order chi connectivity index (χ1) is 11.6. The predicted molar refractivity (Wildman–Crippen MR) is 97.9 cm³/mol. The van der Waals surface area contributed by atoms with Crippen molar-refractivity contribution in [2.24, 2.45) is 0 Å². The van der Waals surface area contributed by atoms with E-state index in [4.69, 9.17) is 4.74 Å². The van der Waals surface area contributed by atoms with Crippen molar-refractivity contribution in [3.8, 4) is 5.75 Å². The number of para-hydroxylation sites is 1. The number of hydrogen-bond acceptors (Lipinski definition) is 4. The van der Waals surface area contributed by atoms with Gasteiger partial charge in [-0.05, 0) is 49.4 Å². The molecule has 1 amide bonds. The third-order valence-electron chi connectivity index (χ3n) is 4.75. The summed E-state index contributed by atoms with van der Waals surface area (Å²) in [6.07, 6.45) is 1.09. The molecule has 1 aromatic heterocycles. The van der Waals surface area contributed by atoms with E-state index in [1.54, 1.807) is 13.2 Å². The number of benzene rings is 1. The predicted octanol–water partition coefficient (Wildman–Crippen LogP) is 3.49. The molecule has 0 bridgehead atoms. The van der Waals surface area contributed by atoms with Crippen molar-refractivity contribution in [1.82, 2.24) is 10.2 Å². The third-order valence-corrected chi connectivity index (χ3v) is 5.88. The lowest BCUT2D eigenvalue weighted by Gasteiger charge is -2.38. The van der Waals surface area contributed by atoms with Gasteiger partial charge in [-0.25, -0.2) is 0 Å². The smallest absolute Gasteiger partial charge is 0.255 e. The molecule has 0 unspecified atom stereocenters. The van der Waals surface area contributed by atoms with Gasteiger partial charge in [-0.2, -0.15) is 0 Å². The van der Waals surface area contributed by atoms with Crippen molar-refractivity contribution in [2.75, 3.05) is 20.2 Å². The molecule has 3 rings (SSSR count). The van der Waals surface area contributed by atoms with E-state index in [0.29, 0.717) is 29.9 Å². The average Bonchev–Trinajstić information content (AvgIpc) is 3.06. The van der Waals surface area contributed by atoms with Crippen LogP contribution in [0.3, 0.4) is 0 Å². The van der Waals surface area contributed by atoms with Gasteiger partial charge >= 0.3 is 0 Å². The summed E-state index contributed by atoms with van der Waals surface area (Å²) in [7, 11) is 1.59. The summed E-state index contributed by atoms with van der Waals surface area (Å²) in [6.45, 7) is 6.00. The van der Waals surface area contributed by atoms with Crippen LogP contribution in [0.1, 0.15) is 40.7 Å². The Balaban J connectivity index is 1.59. The third kappa shape index (κ3) is 3.32. The van der Waals surface area contributed by atoms with E-state index in [1.807, 2.05) is 29.5 Å². The molecular weight excluding hydrogens is 320 g/mol. The lowest BCUT2D eigenvalue weighted by Crippen LogP contribution is -2.44. The highest BCUT2D eigenvalue weighted by Crippen LogP contribution is 2.35. The molecule has 1 aliphatic heterocycles. The second kappa shape index (κ2) is 7.36. The number of carbonyl (C=O) groups is 1. The zero-order chi connectivity index (χ0) is 17.1. The molecule has 0 saturated carbocycles. The second-order valence-corrected chi connectivity index (χ2v) is 7.18. The number of ether oxygens (including phenoxy) is 1. The molecule has 1 aromatic carbocycles. The number of hydrogen-bond donors (Lipinski definition) is 1. The van der Waals surface area contributed by atoms with Crippen LogP contribution < -0.4 is 10.1 Å². The van der Waals surface area contributed by atoms with Crippen LogP contribution in [0.2, 0.25) is 0 Å². The zero-order valence-corrected chi connectivity index (χ0v) is 15.2. The van der Waals surface area contributed by atoms with Crippen LogP contribution in [-0.4, -0.2) is 37.0 Å². The van der Waals surface area contributed by atoms with Gasteiger partial charge < -0.3 is 10.1 Å². The van der Waals surface area contributed by atoms with Gasteiger partial charge in [-0.15, -0.1) is 11.3 Å². The Morgan fingerprint density at radius 1 is 1.33 bits per heavy atom. The van der Waals surface area contributed by atoms with E-state index in [0.717, 1.165) is 13.0 Å². The van der Waals surface area contributed by atoms with Gasteiger partial charge in [0.05, 0.1) is 12.7 Å². The highest BCUT2D eigenvalue weighted by atomic mass is 32.1. The van der Waals surface area contributed by atoms with Crippen molar-refractivity contribution >= 4 is 17.2 Å². The number of fused-ring (bicyclic) bond motifs is 1. The minimum Gasteiger partial charge on any atom is -0.496 e. The van der Waals surface area contributed by atoms with Crippen molar-refractivity contribution in [3.63, 3.8) is 0 Å². The Bertz CT molecular complexity index is 713. The van der Waals surface area contributed by atoms with Crippen LogP contribution in [0.25, 0.3) is 0 Å². The fourth-order valence-corrected chi connectivity index (χ4v) is 4.50. The van der Waals surface area contributed by atoms with E-state index in [1.165, 1.54) is 10.4 Å². The lowest BCUT2D eigenvalue weighted by atomic mass is 9.97. The first-order valence-corrected chi connectivity index (χ1v) is 9.23. The van der Waals surface area contributed by atoms with Crippen molar-refractivity contribution in [1.29, 1.82) is 0 Å². The molecule has 0 spiro atoms. The number of carbonyl (C=O) groups excluding carboxylic acids is 1. The Morgan fingerprint density at radius 2 is 2.12 bits per heavy atom. The molecule has 0 radical (unpaired) electrons. The van der Waals surface area contributed by atoms with E-state index in [2.05, 4.69) is 35.5 Å². The number of rotatable bonds is 5. The normalized spacial score (nSPS) is 20.5. The number of amides is 1. The molecule has 1 aliphatic rings. The first kappa shape index (κ1) is 17.0. The topological polar surface area (TPSA) is 41.6 Å². The summed E-state index contributed by atoms with van der Waals surface area (Å²) in [4.78, 5) is 16.3. The first-order valence-electron chi connectivity index (χ1n) is 8.35. The van der Waals surface area contributed by atoms with Gasteiger partial charge in [0, 0.05) is 30.1 Å². The summed E-state index contributed by atoms with van der Waals surface area (Å²) in [5.74, 6) is 0.527. The van der Waals surface area contributed by atoms with Gasteiger partial charge in [0.2, 0.25) is 0 Å². The molecule has 24 heavy (non-hydrogen) atoms. The van der Waals surface area contributed by atoms with Crippen molar-refractivity contribution in [2.45, 2.75) is 32.4 Å². The number of nitrogens with zero attached hydrogens (tertiary/aromatic N) is 1. The highest BCUT2D eigenvalue weighted by molar-refractivity contribution is 7.10. The lowest BCUT2D eigenvalue weighted by molar-refractivity contribution is 0.0927. The van der Waals surface area contributed by atoms with Gasteiger partial charge in [0.25, 0.3) is 5.91 Å². The fourth-order valence-electron chi connectivity index (χ4n) is 3.49. The minimum absolute atomic E-state index is 0.0819. The van der Waals surface area contributed by atoms with E-state index < -0.39 is 0 Å². The highest BCUT2D eigenvalue weighted by Gasteiger charge is 2.29. The van der Waals surface area contributed by atoms with Crippen LogP contribution in [0.4, 0.5) is 0 Å². The molecule has 0 saturated heterocycles. The maximum atomic E-state index is 12.4. The Labute approximate surface area is 147 Å². The number of nitrogens with one attached hydrogen (secondary N) is 1. The summed E-state index contributed by atoms with van der Waals surface area (Å²) < 4.78 is 5.26. The minimum atomic E-state index is -0.0819. The molecule has 5 heteroatoms. The van der Waals surface area contributed by atoms with Crippen molar-refractivity contribution in [3.05, 3.63) is 51.7 Å². The van der Waals surface area contributed by atoms with Crippen LogP contribution >= 0.6 is 11.3 Å². The summed E-state index contributed by atoms with van der Waals surface area (Å²) in [5.41, 5.74) is 2.06. The van der Waals surface area contributed by atoms with Crippen LogP contribution in [0.5, 0.6) is 5.75 Å². The molecule has 0 aliphatic carbocycles. The van der Waals surface area contributed by atoms with Crippen LogP contribution in [0, 0.1) is 0 Å². The van der Waals surface area contributed by atoms with Crippen LogP contribution in [0.15, 0.2) is 35.7 Å². The summed E-state index contributed by atoms with van der Waals surface area (Å²) in [5, 5.41) is 5.20. The Morgan fingerprint density at radius 3 is 2.92 bits per heavy atom. The van der Waals surface area contributed by atoms with E-state index in [-0.39, 0.29) is 5.91 Å². The largest absolute Gasteiger partial charge is 0.496 e. The molecule has 4 nitrogen and oxygen atoms in total. The fraction of sp³-hybridized carbons (Fsp3) is 0.421. The van der Waals surface area contributed by atoms with E-state index >= 15 is 0 Å². The zero-order valence-electron chi connectivity index (χ0n) is 14.4. The Hall–Kier alpha value is -1.85. The maximum Gasteiger partial charge on any atom is 0.255 e. The SMILES string of the molecule is COc1ccccc1C(=O)NCCN1[C@H](C)Cc2ccsc2[C@@H]1C. The molecule has 2 atom stereocenters. The van der Waals surface area contributed by atoms with Gasteiger partial charge in [0.1, 0.15) is 5.75 Å². The monoisotopic (exact) mass is 344 g/mol. The number of thiophene rings is 1. The standard InChI is InChI=1S/C19H24N2O2S/c1-13-12-15-8-11-24-18(15)14(2)21(13)10-9-20-19(22)16-6-4-5-7-17(16)23-3/h4-8,11,13-14H,9-10,12H2,1-3H3,(H,20,22)/t13-,14+/m1/s1. The molecular formula is C19H24N2O2S. The molecule has 128 valence electrons. The van der Waals surface area contributed by atoms with E-state index in [9.17, 15) is 4.79 Å². The van der Waals surface area contributed by atoms with Gasteiger partial charge in [-0.3, -0.25) is 9.69 Å². The van der Waals surface area contributed by atoms with Crippen molar-refractivity contribution < 1.29 is 9.53 Å². The van der Waals surface area contributed by atoms with Gasteiger partial charge in [-0.1, -0.05) is 12.1 Å². The molecule has 1 N–H and O–H groups in total. The van der Waals surface area contributed by atoms with Crippen LogP contribution in [-0.2, 0) is 6.42 Å². The van der Waals surface area contributed by atoms with Gasteiger partial charge in [0.15, 0.2) is 0 Å². The summed E-state index contributed by atoms with van der Waals surface area (Å²) in [6, 6.07) is 10.5. The molecule has 0 fully saturated rings. The quantitative estimate of drug-likeness (QED) is 0.903.